The molecule has 3 aromatic rings. The second-order valence-electron chi connectivity index (χ2n) is 10.3. The van der Waals surface area contributed by atoms with Crippen molar-refractivity contribution in [2.24, 2.45) is 5.41 Å². The fraction of sp³-hybridized carbons (Fsp3) is 0.258. The Morgan fingerprint density at radius 1 is 0.767 bits per heavy atom. The van der Waals surface area contributed by atoms with Gasteiger partial charge in [-0.1, -0.05) is 26.0 Å². The van der Waals surface area contributed by atoms with Crippen LogP contribution >= 0.6 is 0 Å². The van der Waals surface area contributed by atoms with Crippen molar-refractivity contribution in [1.29, 1.82) is 0 Å². The van der Waals surface area contributed by atoms with Crippen LogP contribution in [0.25, 0.3) is 6.08 Å². The van der Waals surface area contributed by atoms with Crippen LogP contribution in [0.3, 0.4) is 0 Å². The molecule has 0 unspecified atom stereocenters. The molecule has 0 bridgehead atoms. The van der Waals surface area contributed by atoms with Crippen molar-refractivity contribution in [2.45, 2.75) is 26.4 Å². The maximum atomic E-state index is 12.4. The van der Waals surface area contributed by atoms with Gasteiger partial charge in [0.1, 0.15) is 11.5 Å². The molecule has 43 heavy (non-hydrogen) atoms. The largest absolute Gasteiger partial charge is 0.493 e. The first kappa shape index (κ1) is 32.5. The molecule has 0 saturated carbocycles. The van der Waals surface area contributed by atoms with Crippen LogP contribution in [-0.2, 0) is 14.3 Å². The number of anilines is 2. The number of alkyl halides is 3. The minimum absolute atomic E-state index is 0.0158. The molecule has 0 amide bonds. The summed E-state index contributed by atoms with van der Waals surface area (Å²) in [6, 6.07) is 16.3. The van der Waals surface area contributed by atoms with E-state index >= 15 is 0 Å². The summed E-state index contributed by atoms with van der Waals surface area (Å²) in [5.41, 5.74) is 12.5. The van der Waals surface area contributed by atoms with E-state index in [0.29, 0.717) is 16.9 Å². The van der Waals surface area contributed by atoms with E-state index in [2.05, 4.69) is 0 Å². The Labute approximate surface area is 246 Å². The first-order valence-corrected chi connectivity index (χ1v) is 13.0. The predicted molar refractivity (Wildman–Crippen MR) is 153 cm³/mol. The van der Waals surface area contributed by atoms with Gasteiger partial charge in [-0.25, -0.2) is 14.4 Å². The molecular weight excluding hydrogens is 569 g/mol. The van der Waals surface area contributed by atoms with Crippen molar-refractivity contribution in [3.8, 4) is 11.5 Å². The third kappa shape index (κ3) is 11.4. The molecule has 0 radical (unpaired) electrons. The average Bonchev–Trinajstić information content (AvgIpc) is 2.93. The highest BCUT2D eigenvalue weighted by Crippen LogP contribution is 2.22. The lowest BCUT2D eigenvalue weighted by Crippen LogP contribution is -2.28. The molecular formula is C31H31F3N2O7. The maximum absolute atomic E-state index is 12.4. The van der Waals surface area contributed by atoms with Crippen LogP contribution in [0.5, 0.6) is 11.5 Å². The van der Waals surface area contributed by atoms with E-state index in [-0.39, 0.29) is 35.8 Å². The number of nitrogen functional groups attached to an aromatic ring is 2. The summed E-state index contributed by atoms with van der Waals surface area (Å²) in [5.74, 6) is -1.43. The zero-order valence-corrected chi connectivity index (χ0v) is 23.5. The highest BCUT2D eigenvalue weighted by atomic mass is 19.4. The summed E-state index contributed by atoms with van der Waals surface area (Å²) in [5, 5.41) is 0. The van der Waals surface area contributed by atoms with Gasteiger partial charge in [-0.15, -0.1) is 0 Å². The van der Waals surface area contributed by atoms with E-state index in [9.17, 15) is 27.6 Å². The molecule has 3 rings (SSSR count). The summed E-state index contributed by atoms with van der Waals surface area (Å²) in [4.78, 5) is 36.9. The van der Waals surface area contributed by atoms with E-state index in [1.165, 1.54) is 66.7 Å². The number of benzene rings is 3. The molecule has 12 heteroatoms. The fourth-order valence-electron chi connectivity index (χ4n) is 3.44. The van der Waals surface area contributed by atoms with Crippen molar-refractivity contribution >= 4 is 35.4 Å². The van der Waals surface area contributed by atoms with Gasteiger partial charge in [0.2, 0.25) is 0 Å². The molecule has 0 heterocycles. The standard InChI is InChI=1S/C31H31F3N2O7/c1-30(2,19-42-28(38)22-15-23(35)17-24(36)16-22)18-41-27(37)12-5-20-3-8-26(9-4-20)43-29(39)21-6-10-25(11-7-21)40-14-13-31(32,33)34/h3-12,15-17H,13-14,18-19,35-36H2,1-2H3. The van der Waals surface area contributed by atoms with Crippen LogP contribution in [0.1, 0.15) is 46.5 Å². The molecule has 0 spiro atoms. The number of nitrogens with two attached hydrogens (primary N) is 2. The van der Waals surface area contributed by atoms with Crippen LogP contribution in [0.4, 0.5) is 24.5 Å². The van der Waals surface area contributed by atoms with Gasteiger partial charge in [-0.3, -0.25) is 0 Å². The smallest absolute Gasteiger partial charge is 0.392 e. The number of carbonyl (C=O) groups is 3. The summed E-state index contributed by atoms with van der Waals surface area (Å²) < 4.78 is 57.6. The molecule has 228 valence electrons. The molecule has 0 aliphatic heterocycles. The quantitative estimate of drug-likeness (QED) is 0.114. The van der Waals surface area contributed by atoms with E-state index < -0.39 is 42.5 Å². The fourth-order valence-corrected chi connectivity index (χ4v) is 3.44. The number of hydrogen-bond acceptors (Lipinski definition) is 9. The second-order valence-corrected chi connectivity index (χ2v) is 10.3. The van der Waals surface area contributed by atoms with Gasteiger partial charge in [-0.2, -0.15) is 13.2 Å². The number of carbonyl (C=O) groups excluding carboxylic acids is 3. The highest BCUT2D eigenvalue weighted by Gasteiger charge is 2.27. The normalized spacial score (nSPS) is 11.7. The summed E-state index contributed by atoms with van der Waals surface area (Å²) in [7, 11) is 0. The van der Waals surface area contributed by atoms with Crippen molar-refractivity contribution in [3.63, 3.8) is 0 Å². The van der Waals surface area contributed by atoms with Crippen molar-refractivity contribution in [3.05, 3.63) is 89.5 Å². The van der Waals surface area contributed by atoms with E-state index in [4.69, 9.17) is 30.4 Å². The lowest BCUT2D eigenvalue weighted by molar-refractivity contribution is -0.141. The number of hydrogen-bond donors (Lipinski definition) is 2. The van der Waals surface area contributed by atoms with Crippen LogP contribution in [0.15, 0.2) is 72.8 Å². The molecule has 0 fully saturated rings. The van der Waals surface area contributed by atoms with Gasteiger partial charge in [0.05, 0.1) is 37.4 Å². The Hall–Kier alpha value is -5.00. The van der Waals surface area contributed by atoms with E-state index in [1.54, 1.807) is 26.0 Å². The van der Waals surface area contributed by atoms with Crippen molar-refractivity contribution in [1.82, 2.24) is 0 Å². The number of ether oxygens (including phenoxy) is 4. The van der Waals surface area contributed by atoms with Gasteiger partial charge < -0.3 is 30.4 Å². The van der Waals surface area contributed by atoms with Gasteiger partial charge in [0.15, 0.2) is 0 Å². The minimum Gasteiger partial charge on any atom is -0.493 e. The average molecular weight is 601 g/mol. The van der Waals surface area contributed by atoms with Gasteiger partial charge >= 0.3 is 24.1 Å². The Balaban J connectivity index is 1.43. The zero-order chi connectivity index (χ0) is 31.6. The number of halogens is 3. The number of rotatable bonds is 12. The molecule has 0 aliphatic rings. The zero-order valence-electron chi connectivity index (χ0n) is 23.5. The Morgan fingerprint density at radius 3 is 1.95 bits per heavy atom. The van der Waals surface area contributed by atoms with E-state index in [0.717, 1.165) is 0 Å². The molecule has 9 nitrogen and oxygen atoms in total. The van der Waals surface area contributed by atoms with Crippen molar-refractivity contribution < 1.29 is 46.5 Å². The summed E-state index contributed by atoms with van der Waals surface area (Å²) >= 11 is 0. The molecule has 4 N–H and O–H groups in total. The van der Waals surface area contributed by atoms with Crippen LogP contribution < -0.4 is 20.9 Å². The van der Waals surface area contributed by atoms with Crippen LogP contribution in [-0.4, -0.2) is 43.9 Å². The third-order valence-electron chi connectivity index (χ3n) is 5.66. The second kappa shape index (κ2) is 14.3. The number of esters is 3. The first-order chi connectivity index (χ1) is 20.2. The van der Waals surface area contributed by atoms with Gasteiger partial charge in [-0.05, 0) is 66.2 Å². The SMILES string of the molecule is CC(C)(COC(=O)C=Cc1ccc(OC(=O)c2ccc(OCCC(F)(F)F)cc2)cc1)COC(=O)c1cc(N)cc(N)c1. The molecule has 3 aromatic carbocycles. The van der Waals surface area contributed by atoms with Gasteiger partial charge in [0, 0.05) is 22.9 Å². The summed E-state index contributed by atoms with van der Waals surface area (Å²) in [6.45, 7) is 2.98. The highest BCUT2D eigenvalue weighted by molar-refractivity contribution is 5.92. The minimum atomic E-state index is -4.31. The molecule has 0 atom stereocenters. The monoisotopic (exact) mass is 600 g/mol. The lowest BCUT2D eigenvalue weighted by atomic mass is 9.96. The summed E-state index contributed by atoms with van der Waals surface area (Å²) in [6.07, 6.45) is -2.64. The third-order valence-corrected chi connectivity index (χ3v) is 5.66. The topological polar surface area (TPSA) is 140 Å². The first-order valence-electron chi connectivity index (χ1n) is 13.0. The Kier molecular flexibility index (Phi) is 10.8. The molecule has 0 saturated heterocycles. The van der Waals surface area contributed by atoms with Crippen LogP contribution in [0, 0.1) is 5.41 Å². The molecule has 0 aromatic heterocycles. The van der Waals surface area contributed by atoms with Crippen molar-refractivity contribution in [2.75, 3.05) is 31.3 Å². The van der Waals surface area contributed by atoms with Crippen LogP contribution in [0.2, 0.25) is 0 Å². The Bertz CT molecular complexity index is 1430. The Morgan fingerprint density at radius 2 is 1.35 bits per heavy atom. The van der Waals surface area contributed by atoms with E-state index in [1.807, 2.05) is 0 Å². The molecule has 0 aliphatic carbocycles. The predicted octanol–water partition coefficient (Wildman–Crippen LogP) is 5.84. The lowest BCUT2D eigenvalue weighted by Gasteiger charge is -2.23. The van der Waals surface area contributed by atoms with Gasteiger partial charge in [0.25, 0.3) is 0 Å². The maximum Gasteiger partial charge on any atom is 0.392 e.